The van der Waals surface area contributed by atoms with E-state index in [9.17, 15) is 0 Å². The summed E-state index contributed by atoms with van der Waals surface area (Å²) in [7, 11) is 0. The van der Waals surface area contributed by atoms with Crippen molar-refractivity contribution in [1.82, 2.24) is 0 Å². The summed E-state index contributed by atoms with van der Waals surface area (Å²) >= 11 is 1.81. The third-order valence-electron chi connectivity index (χ3n) is 4.41. The van der Waals surface area contributed by atoms with Crippen LogP contribution in [-0.2, 0) is 25.7 Å². The van der Waals surface area contributed by atoms with Gasteiger partial charge in [0, 0.05) is 21.2 Å². The quantitative estimate of drug-likeness (QED) is 0.712. The van der Waals surface area contributed by atoms with Gasteiger partial charge in [0.25, 0.3) is 0 Å². The topological polar surface area (TPSA) is 52.0 Å². The molecule has 0 spiro atoms. The van der Waals surface area contributed by atoms with Crippen LogP contribution in [0.4, 0.5) is 11.4 Å². The number of rotatable bonds is 6. The molecule has 2 aromatic rings. The zero-order valence-corrected chi connectivity index (χ0v) is 15.5. The lowest BCUT2D eigenvalue weighted by Gasteiger charge is -2.14. The fourth-order valence-corrected chi connectivity index (χ4v) is 3.99. The Bertz CT molecular complexity index is 583. The smallest absolute Gasteiger partial charge is 0.0379 e. The largest absolute Gasteiger partial charge is 0.398 e. The summed E-state index contributed by atoms with van der Waals surface area (Å²) in [5.74, 6) is 0. The van der Waals surface area contributed by atoms with Gasteiger partial charge in [-0.2, -0.15) is 0 Å². The highest BCUT2D eigenvalue weighted by Crippen LogP contribution is 2.35. The van der Waals surface area contributed by atoms with Gasteiger partial charge in [0.2, 0.25) is 0 Å². The first kappa shape index (κ1) is 17.7. The molecule has 0 saturated heterocycles. The molecule has 23 heavy (non-hydrogen) atoms. The normalized spacial score (nSPS) is 11.0. The summed E-state index contributed by atoms with van der Waals surface area (Å²) in [4.78, 5) is 2.53. The van der Waals surface area contributed by atoms with Crippen molar-refractivity contribution in [2.24, 2.45) is 0 Å². The van der Waals surface area contributed by atoms with Crippen LogP contribution < -0.4 is 11.5 Å². The Kier molecular flexibility index (Phi) is 6.00. The van der Waals surface area contributed by atoms with Gasteiger partial charge >= 0.3 is 0 Å². The van der Waals surface area contributed by atoms with Gasteiger partial charge in [-0.3, -0.25) is 0 Å². The predicted octanol–water partition coefficient (Wildman–Crippen LogP) is 5.25. The molecule has 0 heterocycles. The van der Waals surface area contributed by atoms with Gasteiger partial charge in [0.1, 0.15) is 0 Å². The van der Waals surface area contributed by atoms with Gasteiger partial charge in [0.15, 0.2) is 0 Å². The van der Waals surface area contributed by atoms with E-state index >= 15 is 0 Å². The van der Waals surface area contributed by atoms with E-state index in [0.29, 0.717) is 0 Å². The first-order valence-electron chi connectivity index (χ1n) is 8.54. The molecular formula is C20H28N2S. The molecule has 0 aliphatic carbocycles. The van der Waals surface area contributed by atoms with Crippen LogP contribution in [0.3, 0.4) is 0 Å². The summed E-state index contributed by atoms with van der Waals surface area (Å²) in [5.41, 5.74) is 19.4. The number of nitrogens with two attached hydrogens (primary N) is 2. The Balaban J connectivity index is 2.43. The van der Waals surface area contributed by atoms with Crippen molar-refractivity contribution >= 4 is 23.1 Å². The molecule has 0 radical (unpaired) electrons. The van der Waals surface area contributed by atoms with Crippen LogP contribution in [0, 0.1) is 0 Å². The second-order valence-electron chi connectivity index (χ2n) is 5.83. The average Bonchev–Trinajstić information content (AvgIpc) is 2.57. The second kappa shape index (κ2) is 7.78. The van der Waals surface area contributed by atoms with Gasteiger partial charge in [-0.15, -0.1) is 0 Å². The molecule has 0 aromatic heterocycles. The second-order valence-corrected chi connectivity index (χ2v) is 6.97. The monoisotopic (exact) mass is 328 g/mol. The maximum atomic E-state index is 6.25. The minimum atomic E-state index is 0.958. The first-order valence-corrected chi connectivity index (χ1v) is 9.35. The van der Waals surface area contributed by atoms with E-state index in [1.54, 1.807) is 0 Å². The van der Waals surface area contributed by atoms with Crippen molar-refractivity contribution in [2.75, 3.05) is 11.5 Å². The molecule has 0 atom stereocenters. The van der Waals surface area contributed by atoms with Gasteiger partial charge in [-0.25, -0.2) is 0 Å². The molecule has 0 amide bonds. The fourth-order valence-electron chi connectivity index (χ4n) is 2.92. The van der Waals surface area contributed by atoms with Gasteiger partial charge in [-0.1, -0.05) is 39.5 Å². The molecule has 3 heteroatoms. The number of aryl methyl sites for hydroxylation is 4. The number of hydrogen-bond donors (Lipinski definition) is 2. The highest BCUT2D eigenvalue weighted by Gasteiger charge is 2.10. The molecule has 0 unspecified atom stereocenters. The van der Waals surface area contributed by atoms with Crippen molar-refractivity contribution < 1.29 is 0 Å². The minimum Gasteiger partial charge on any atom is -0.398 e. The van der Waals surface area contributed by atoms with E-state index in [-0.39, 0.29) is 0 Å². The Hall–Kier alpha value is -1.61. The average molecular weight is 329 g/mol. The van der Waals surface area contributed by atoms with Crippen LogP contribution in [0.15, 0.2) is 34.1 Å². The van der Waals surface area contributed by atoms with Crippen LogP contribution >= 0.6 is 11.8 Å². The van der Waals surface area contributed by atoms with E-state index in [0.717, 1.165) is 37.1 Å². The summed E-state index contributed by atoms with van der Waals surface area (Å²) in [6.45, 7) is 8.64. The van der Waals surface area contributed by atoms with Crippen molar-refractivity contribution in [2.45, 2.75) is 63.2 Å². The Morgan fingerprint density at radius 3 is 1.09 bits per heavy atom. The molecule has 2 rings (SSSR count). The molecule has 4 N–H and O–H groups in total. The molecule has 124 valence electrons. The third kappa shape index (κ3) is 3.84. The van der Waals surface area contributed by atoms with Crippen molar-refractivity contribution in [3.8, 4) is 0 Å². The van der Waals surface area contributed by atoms with Crippen LogP contribution in [0.5, 0.6) is 0 Å². The molecule has 0 aliphatic heterocycles. The summed E-state index contributed by atoms with van der Waals surface area (Å²) in [6.07, 6.45) is 3.87. The lowest BCUT2D eigenvalue weighted by molar-refractivity contribution is 1.06. The number of hydrogen-bond acceptors (Lipinski definition) is 3. The van der Waals surface area contributed by atoms with Crippen molar-refractivity contribution in [3.05, 3.63) is 46.5 Å². The van der Waals surface area contributed by atoms with E-state index in [1.807, 2.05) is 11.8 Å². The lowest BCUT2D eigenvalue weighted by atomic mass is 10.0. The summed E-state index contributed by atoms with van der Waals surface area (Å²) in [5, 5.41) is 0. The van der Waals surface area contributed by atoms with Gasteiger partial charge in [0.05, 0.1) is 0 Å². The zero-order valence-electron chi connectivity index (χ0n) is 14.7. The number of nitrogen functional groups attached to an aromatic ring is 2. The molecule has 0 bridgehead atoms. The number of benzene rings is 2. The molecule has 0 aliphatic rings. The Labute approximate surface area is 144 Å². The molecule has 2 aromatic carbocycles. The SMILES string of the molecule is CCc1cc(Sc2cc(CC)c(N)c(CC)c2)cc(CC)c1N. The van der Waals surface area contributed by atoms with Gasteiger partial charge in [-0.05, 0) is 72.2 Å². The third-order valence-corrected chi connectivity index (χ3v) is 5.35. The van der Waals surface area contributed by atoms with Crippen LogP contribution in [0.2, 0.25) is 0 Å². The molecular weight excluding hydrogens is 300 g/mol. The fraction of sp³-hybridized carbons (Fsp3) is 0.400. The van der Waals surface area contributed by atoms with Crippen molar-refractivity contribution in [3.63, 3.8) is 0 Å². The Morgan fingerprint density at radius 1 is 0.609 bits per heavy atom. The number of anilines is 2. The van der Waals surface area contributed by atoms with Crippen molar-refractivity contribution in [1.29, 1.82) is 0 Å². The summed E-state index contributed by atoms with van der Waals surface area (Å²) < 4.78 is 0. The van der Waals surface area contributed by atoms with E-state index in [1.165, 1.54) is 32.0 Å². The highest BCUT2D eigenvalue weighted by atomic mass is 32.2. The van der Waals surface area contributed by atoms with E-state index in [4.69, 9.17) is 11.5 Å². The van der Waals surface area contributed by atoms with E-state index in [2.05, 4.69) is 52.0 Å². The molecule has 2 nitrogen and oxygen atoms in total. The standard InChI is InChI=1S/C20H28N2S/c1-5-13-9-17(10-14(6-2)19(13)21)23-18-11-15(7-3)20(22)16(8-4)12-18/h9-12H,5-8,21-22H2,1-4H3. The van der Waals surface area contributed by atoms with Gasteiger partial charge < -0.3 is 11.5 Å². The maximum absolute atomic E-state index is 6.25. The Morgan fingerprint density at radius 2 is 0.870 bits per heavy atom. The molecule has 0 fully saturated rings. The molecule has 0 saturated carbocycles. The van der Waals surface area contributed by atoms with E-state index < -0.39 is 0 Å². The van der Waals surface area contributed by atoms with Crippen LogP contribution in [-0.4, -0.2) is 0 Å². The first-order chi connectivity index (χ1) is 11.0. The van der Waals surface area contributed by atoms with Crippen LogP contribution in [0.25, 0.3) is 0 Å². The maximum Gasteiger partial charge on any atom is 0.0379 e. The highest BCUT2D eigenvalue weighted by molar-refractivity contribution is 7.99. The summed E-state index contributed by atoms with van der Waals surface area (Å²) in [6, 6.07) is 8.92. The van der Waals surface area contributed by atoms with Crippen LogP contribution in [0.1, 0.15) is 49.9 Å². The zero-order chi connectivity index (χ0) is 17.0. The minimum absolute atomic E-state index is 0.958. The predicted molar refractivity (Wildman–Crippen MR) is 103 cm³/mol. The lowest BCUT2D eigenvalue weighted by Crippen LogP contribution is -2.00.